The Kier molecular flexibility index (Phi) is 8.66. The lowest BCUT2D eigenvalue weighted by atomic mass is 9.91. The molecule has 2 saturated heterocycles. The molecule has 16 heteroatoms. The monoisotopic (exact) mass is 600 g/mol. The summed E-state index contributed by atoms with van der Waals surface area (Å²) < 4.78 is 28.1. The van der Waals surface area contributed by atoms with Crippen LogP contribution in [-0.2, 0) is 18.9 Å². The molecule has 0 radical (unpaired) electrons. The molecule has 0 bridgehead atoms. The van der Waals surface area contributed by atoms with Crippen LogP contribution in [0.25, 0.3) is 0 Å². The van der Waals surface area contributed by atoms with E-state index in [0.717, 1.165) is 24.3 Å². The highest BCUT2D eigenvalue weighted by atomic mass is 16.7. The van der Waals surface area contributed by atoms with Gasteiger partial charge in [-0.15, -0.1) is 0 Å². The van der Waals surface area contributed by atoms with Gasteiger partial charge in [-0.3, -0.25) is 0 Å². The molecule has 232 valence electrons. The Balaban J connectivity index is 1.36. The molecule has 11 N–H and O–H groups in total. The van der Waals surface area contributed by atoms with E-state index in [4.69, 9.17) is 23.7 Å². The molecular weight excluding hydrogens is 568 g/mol. The maximum atomic E-state index is 11.2. The molecule has 42 heavy (non-hydrogen) atoms. The normalized spacial score (nSPS) is 38.5. The predicted molar refractivity (Wildman–Crippen MR) is 133 cm³/mol. The van der Waals surface area contributed by atoms with Crippen LogP contribution >= 0.6 is 0 Å². The summed E-state index contributed by atoms with van der Waals surface area (Å²) in [6, 6.07) is 5.75. The van der Waals surface area contributed by atoms with Crippen molar-refractivity contribution >= 4 is 0 Å². The smallest absolute Gasteiger partial charge is 0.187 e. The first-order chi connectivity index (χ1) is 19.9. The summed E-state index contributed by atoms with van der Waals surface area (Å²) in [6.07, 6.45) is -19.0. The average molecular weight is 601 g/mol. The Labute approximate surface area is 237 Å². The molecule has 12 atom stereocenters. The molecule has 2 aromatic rings. The zero-order valence-electron chi connectivity index (χ0n) is 21.7. The Hall–Kier alpha value is -3.00. The number of phenolic OH excluding ortho intramolecular Hbond substituents is 4. The molecular formula is C26H32O16. The fourth-order valence-electron chi connectivity index (χ4n) is 5.16. The predicted octanol–water partition coefficient (Wildman–Crippen LogP) is -2.68. The fraction of sp³-hybridized carbons (Fsp3) is 0.538. The van der Waals surface area contributed by atoms with Gasteiger partial charge in [0.2, 0.25) is 0 Å². The molecule has 16 nitrogen and oxygen atoms in total. The molecule has 2 fully saturated rings. The lowest BCUT2D eigenvalue weighted by Crippen LogP contribution is -2.62. The zero-order chi connectivity index (χ0) is 30.5. The van der Waals surface area contributed by atoms with Gasteiger partial charge >= 0.3 is 0 Å². The maximum Gasteiger partial charge on any atom is 0.187 e. The van der Waals surface area contributed by atoms with E-state index in [2.05, 4.69) is 0 Å². The molecule has 2 aromatic carbocycles. The van der Waals surface area contributed by atoms with Gasteiger partial charge in [-0.05, 0) is 17.7 Å². The molecule has 3 heterocycles. The van der Waals surface area contributed by atoms with Gasteiger partial charge in [0.05, 0.1) is 18.8 Å². The number of aliphatic hydroxyl groups is 7. The number of fused-ring (bicyclic) bond motifs is 1. The first-order valence-electron chi connectivity index (χ1n) is 12.9. The minimum atomic E-state index is -1.84. The Morgan fingerprint density at radius 2 is 1.45 bits per heavy atom. The summed E-state index contributed by atoms with van der Waals surface area (Å²) in [4.78, 5) is 0. The Bertz CT molecular complexity index is 1260. The van der Waals surface area contributed by atoms with Gasteiger partial charge in [-0.2, -0.15) is 0 Å². The highest BCUT2D eigenvalue weighted by molar-refractivity contribution is 5.53. The number of hydrogen-bond acceptors (Lipinski definition) is 16. The fourth-order valence-corrected chi connectivity index (χ4v) is 5.16. The van der Waals surface area contributed by atoms with E-state index >= 15 is 0 Å². The van der Waals surface area contributed by atoms with Crippen molar-refractivity contribution in [3.05, 3.63) is 41.5 Å². The van der Waals surface area contributed by atoms with Crippen LogP contribution in [0.15, 0.2) is 30.3 Å². The third kappa shape index (κ3) is 5.54. The number of rotatable bonds is 6. The minimum absolute atomic E-state index is 0.115. The van der Waals surface area contributed by atoms with Gasteiger partial charge in [0.15, 0.2) is 30.2 Å². The number of aliphatic hydroxyl groups excluding tert-OH is 7. The summed E-state index contributed by atoms with van der Waals surface area (Å²) in [6.45, 7) is -1.18. The molecule has 0 aromatic heterocycles. The van der Waals surface area contributed by atoms with Crippen molar-refractivity contribution in [3.63, 3.8) is 0 Å². The van der Waals surface area contributed by atoms with Crippen LogP contribution in [0.5, 0.6) is 28.7 Å². The summed E-state index contributed by atoms with van der Waals surface area (Å²) in [5, 5.41) is 112. The summed E-state index contributed by atoms with van der Waals surface area (Å²) >= 11 is 0. The van der Waals surface area contributed by atoms with Crippen molar-refractivity contribution < 1.29 is 79.9 Å². The summed E-state index contributed by atoms with van der Waals surface area (Å²) in [5.74, 6) is -1.98. The van der Waals surface area contributed by atoms with Gasteiger partial charge in [0.25, 0.3) is 0 Å². The van der Waals surface area contributed by atoms with Gasteiger partial charge in [-0.1, -0.05) is 6.07 Å². The van der Waals surface area contributed by atoms with Crippen LogP contribution in [0.4, 0.5) is 0 Å². The first kappa shape index (κ1) is 30.5. The van der Waals surface area contributed by atoms with Crippen molar-refractivity contribution in [2.24, 2.45) is 0 Å². The van der Waals surface area contributed by atoms with Crippen molar-refractivity contribution in [3.8, 4) is 28.7 Å². The molecule has 0 unspecified atom stereocenters. The Morgan fingerprint density at radius 1 is 0.738 bits per heavy atom. The number of hydrogen-bond donors (Lipinski definition) is 11. The number of aromatic hydroxyl groups is 4. The van der Waals surface area contributed by atoms with Crippen molar-refractivity contribution in [1.82, 2.24) is 0 Å². The van der Waals surface area contributed by atoms with Crippen LogP contribution < -0.4 is 4.74 Å². The number of benzene rings is 2. The van der Waals surface area contributed by atoms with E-state index in [1.165, 1.54) is 6.07 Å². The maximum absolute atomic E-state index is 11.2. The van der Waals surface area contributed by atoms with Crippen molar-refractivity contribution in [2.45, 2.75) is 73.6 Å². The van der Waals surface area contributed by atoms with Crippen LogP contribution in [0.1, 0.15) is 23.3 Å². The second-order valence-corrected chi connectivity index (χ2v) is 10.3. The minimum Gasteiger partial charge on any atom is -0.508 e. The Morgan fingerprint density at radius 3 is 2.14 bits per heavy atom. The second kappa shape index (κ2) is 11.9. The molecule has 0 spiro atoms. The summed E-state index contributed by atoms with van der Waals surface area (Å²) in [7, 11) is 0. The van der Waals surface area contributed by atoms with Gasteiger partial charge in [-0.25, -0.2) is 0 Å². The van der Waals surface area contributed by atoms with E-state index in [0.29, 0.717) is 0 Å². The van der Waals surface area contributed by atoms with Gasteiger partial charge in [0, 0.05) is 12.1 Å². The van der Waals surface area contributed by atoms with Crippen LogP contribution in [0.2, 0.25) is 0 Å². The second-order valence-electron chi connectivity index (χ2n) is 10.3. The highest BCUT2D eigenvalue weighted by Gasteiger charge is 2.50. The van der Waals surface area contributed by atoms with E-state index < -0.39 is 104 Å². The number of ether oxygens (including phenoxy) is 5. The lowest BCUT2D eigenvalue weighted by Gasteiger charge is -2.45. The van der Waals surface area contributed by atoms with Gasteiger partial charge < -0.3 is 79.9 Å². The van der Waals surface area contributed by atoms with Crippen molar-refractivity contribution in [1.29, 1.82) is 0 Å². The van der Waals surface area contributed by atoms with E-state index in [9.17, 15) is 56.2 Å². The molecule has 5 rings (SSSR count). The van der Waals surface area contributed by atoms with Crippen LogP contribution in [0, 0.1) is 0 Å². The molecule has 0 amide bonds. The van der Waals surface area contributed by atoms with Crippen molar-refractivity contribution in [2.75, 3.05) is 13.2 Å². The van der Waals surface area contributed by atoms with E-state index in [1.54, 1.807) is 0 Å². The summed E-state index contributed by atoms with van der Waals surface area (Å²) in [5.41, 5.74) is 0.0178. The van der Waals surface area contributed by atoms with Gasteiger partial charge in [0.1, 0.15) is 72.2 Å². The van der Waals surface area contributed by atoms with E-state index in [-0.39, 0.29) is 22.6 Å². The molecule has 3 aliphatic rings. The van der Waals surface area contributed by atoms with Crippen LogP contribution in [0.3, 0.4) is 0 Å². The molecule has 0 saturated carbocycles. The molecule has 3 aliphatic heterocycles. The zero-order valence-corrected chi connectivity index (χ0v) is 21.7. The third-order valence-electron chi connectivity index (χ3n) is 7.48. The molecule has 0 aliphatic carbocycles. The average Bonchev–Trinajstić information content (AvgIpc) is 2.95. The lowest BCUT2D eigenvalue weighted by molar-refractivity contribution is -0.350. The first-order valence-corrected chi connectivity index (χ1v) is 12.9. The van der Waals surface area contributed by atoms with Crippen LogP contribution in [-0.4, -0.2) is 131 Å². The van der Waals surface area contributed by atoms with E-state index in [1.807, 2.05) is 0 Å². The topological polar surface area (TPSA) is 269 Å². The quantitative estimate of drug-likeness (QED) is 0.151. The third-order valence-corrected chi connectivity index (χ3v) is 7.48. The standard InChI is InChI=1S/C26H32O16/c27-6-14-17(32)20(35)22(37)26(40-14)41-15-7-38-25(21(36)18(15)33)42-24-19(34)16-12(31)4-9(28)5-13(16)39-23(24)8-1-2-10(29)11(30)3-8/h1-5,14-15,17-37H,6-7H2/t14-,15-,17-,18+,19-,20+,21-,22-,23+,24-,25+,26+/m0/s1. The number of phenols is 4. The highest BCUT2D eigenvalue weighted by Crippen LogP contribution is 2.49. The largest absolute Gasteiger partial charge is 0.508 e. The SMILES string of the molecule is OC[C@@H]1O[C@H](O[C@H]2CO[C@H](O[C@@H]3[C@@H](c4ccc(O)c(O)c4)Oc4cc(O)cc(O)c4[C@@H]3O)[C@@H](O)[C@@H]2O)[C@@H](O)[C@H](O)[C@H]1O.